The van der Waals surface area contributed by atoms with Crippen LogP contribution in [0.25, 0.3) is 0 Å². The van der Waals surface area contributed by atoms with E-state index in [-0.39, 0.29) is 22.1 Å². The molecule has 0 aliphatic carbocycles. The zero-order valence-electron chi connectivity index (χ0n) is 7.19. The summed E-state index contributed by atoms with van der Waals surface area (Å²) in [6.07, 6.45) is 0.977. The van der Waals surface area contributed by atoms with Crippen LogP contribution in [-0.4, -0.2) is 10.9 Å². The van der Waals surface area contributed by atoms with Crippen LogP contribution in [-0.2, 0) is 6.42 Å². The molecule has 0 saturated carbocycles. The third-order valence-corrected chi connectivity index (χ3v) is 2.21. The summed E-state index contributed by atoms with van der Waals surface area (Å²) >= 11 is 1.39. The molecular weight excluding hydrogens is 248 g/mol. The summed E-state index contributed by atoms with van der Waals surface area (Å²) in [4.78, 5) is 0. The molecule has 13 heavy (non-hydrogen) atoms. The van der Waals surface area contributed by atoms with Crippen molar-refractivity contribution in [3.63, 3.8) is 0 Å². The van der Waals surface area contributed by atoms with Crippen molar-refractivity contribution in [1.82, 2.24) is 0 Å². The number of amidine groups is 1. The summed E-state index contributed by atoms with van der Waals surface area (Å²) in [5, 5.41) is 7.20. The summed E-state index contributed by atoms with van der Waals surface area (Å²) < 4.78 is 0. The van der Waals surface area contributed by atoms with E-state index >= 15 is 0 Å². The molecule has 4 heteroatoms. The van der Waals surface area contributed by atoms with Crippen LogP contribution in [0, 0.1) is 5.41 Å². The van der Waals surface area contributed by atoms with Crippen molar-refractivity contribution in [1.29, 1.82) is 5.41 Å². The number of aryl methyl sites for hydroxylation is 1. The zero-order chi connectivity index (χ0) is 8.81. The number of hydrogen-bond donors (Lipinski definition) is 2. The van der Waals surface area contributed by atoms with Gasteiger partial charge in [-0.05, 0) is 12.0 Å². The lowest BCUT2D eigenvalue weighted by molar-refractivity contribution is 1.16. The van der Waals surface area contributed by atoms with E-state index in [1.165, 1.54) is 17.3 Å². The fourth-order valence-electron chi connectivity index (χ4n) is 0.924. The topological polar surface area (TPSA) is 49.9 Å². The number of nitrogens with two attached hydrogens (primary N) is 1. The van der Waals surface area contributed by atoms with Crippen LogP contribution in [0.4, 0.5) is 0 Å². The maximum absolute atomic E-state index is 7.00. The average Bonchev–Trinajstić information content (AvgIpc) is 2.05. The highest BCUT2D eigenvalue weighted by atomic mass is 79.9. The van der Waals surface area contributed by atoms with E-state index in [1.54, 1.807) is 0 Å². The van der Waals surface area contributed by atoms with Crippen LogP contribution in [0.2, 0.25) is 0 Å². The molecule has 0 atom stereocenters. The first-order valence-electron chi connectivity index (χ1n) is 3.80. The van der Waals surface area contributed by atoms with Crippen molar-refractivity contribution in [2.24, 2.45) is 5.73 Å². The first-order chi connectivity index (χ1) is 5.79. The molecular formula is C9H13BrN2S. The van der Waals surface area contributed by atoms with E-state index in [0.29, 0.717) is 0 Å². The lowest BCUT2D eigenvalue weighted by Crippen LogP contribution is -2.05. The Morgan fingerprint density at radius 2 is 1.92 bits per heavy atom. The lowest BCUT2D eigenvalue weighted by Gasteiger charge is -1.98. The van der Waals surface area contributed by atoms with E-state index in [0.717, 1.165) is 12.2 Å². The van der Waals surface area contributed by atoms with Crippen LogP contribution >= 0.6 is 28.7 Å². The van der Waals surface area contributed by atoms with Crippen molar-refractivity contribution in [3.8, 4) is 0 Å². The number of hydrogen-bond acceptors (Lipinski definition) is 2. The Morgan fingerprint density at radius 3 is 2.46 bits per heavy atom. The standard InChI is InChI=1S/C9H12N2S.BrH/c10-9(11)12-7-6-8-4-2-1-3-5-8;/h1-5H,6-7H2,(H3,10,11);1H. The third kappa shape index (κ3) is 5.71. The van der Waals surface area contributed by atoms with Crippen LogP contribution in [0.5, 0.6) is 0 Å². The number of halogens is 1. The van der Waals surface area contributed by atoms with Gasteiger partial charge in [-0.2, -0.15) is 0 Å². The van der Waals surface area contributed by atoms with E-state index in [2.05, 4.69) is 12.1 Å². The number of rotatable bonds is 3. The molecule has 1 aromatic rings. The van der Waals surface area contributed by atoms with Crippen molar-refractivity contribution in [2.75, 3.05) is 5.75 Å². The van der Waals surface area contributed by atoms with Crippen LogP contribution in [0.1, 0.15) is 5.56 Å². The monoisotopic (exact) mass is 260 g/mol. The second-order valence-electron chi connectivity index (χ2n) is 2.45. The molecule has 0 unspecified atom stereocenters. The molecule has 0 aliphatic heterocycles. The first kappa shape index (κ1) is 12.5. The predicted octanol–water partition coefficient (Wildman–Crippen LogP) is 2.43. The first-order valence-corrected chi connectivity index (χ1v) is 4.78. The normalized spacial score (nSPS) is 8.92. The Kier molecular flexibility index (Phi) is 6.72. The van der Waals surface area contributed by atoms with Crippen LogP contribution < -0.4 is 5.73 Å². The molecule has 0 heterocycles. The van der Waals surface area contributed by atoms with Gasteiger partial charge >= 0.3 is 0 Å². The van der Waals surface area contributed by atoms with Gasteiger partial charge in [0, 0.05) is 5.75 Å². The van der Waals surface area contributed by atoms with Gasteiger partial charge in [-0.25, -0.2) is 0 Å². The molecule has 0 spiro atoms. The highest BCUT2D eigenvalue weighted by molar-refractivity contribution is 8.93. The maximum atomic E-state index is 7.00. The lowest BCUT2D eigenvalue weighted by atomic mass is 10.2. The molecule has 1 aromatic carbocycles. The molecule has 1 rings (SSSR count). The minimum Gasteiger partial charge on any atom is -0.379 e. The van der Waals surface area contributed by atoms with Gasteiger partial charge in [0.2, 0.25) is 0 Å². The van der Waals surface area contributed by atoms with E-state index < -0.39 is 0 Å². The summed E-state index contributed by atoms with van der Waals surface area (Å²) in [6, 6.07) is 10.2. The molecule has 0 aliphatic rings. The Bertz CT molecular complexity index is 251. The number of thioether (sulfide) groups is 1. The molecule has 0 saturated heterocycles. The average molecular weight is 261 g/mol. The van der Waals surface area contributed by atoms with Gasteiger partial charge in [-0.1, -0.05) is 42.1 Å². The SMILES string of the molecule is Br.N=C(N)SCCc1ccccc1. The van der Waals surface area contributed by atoms with E-state index in [4.69, 9.17) is 11.1 Å². The molecule has 0 fully saturated rings. The molecule has 0 radical (unpaired) electrons. The number of benzene rings is 1. The zero-order valence-corrected chi connectivity index (χ0v) is 9.72. The van der Waals surface area contributed by atoms with Gasteiger partial charge in [0.15, 0.2) is 5.17 Å². The van der Waals surface area contributed by atoms with Crippen LogP contribution in [0.3, 0.4) is 0 Å². The fraction of sp³-hybridized carbons (Fsp3) is 0.222. The Morgan fingerprint density at radius 1 is 1.31 bits per heavy atom. The molecule has 0 bridgehead atoms. The molecule has 72 valence electrons. The second kappa shape index (κ2) is 6.97. The Balaban J connectivity index is 0.00000144. The fourth-order valence-corrected chi connectivity index (χ4v) is 1.48. The van der Waals surface area contributed by atoms with Gasteiger partial charge in [-0.15, -0.1) is 17.0 Å². The molecule has 3 N–H and O–H groups in total. The van der Waals surface area contributed by atoms with Crippen LogP contribution in [0.15, 0.2) is 30.3 Å². The van der Waals surface area contributed by atoms with Gasteiger partial charge in [0.05, 0.1) is 0 Å². The van der Waals surface area contributed by atoms with Gasteiger partial charge in [0.1, 0.15) is 0 Å². The second-order valence-corrected chi connectivity index (χ2v) is 3.59. The Hall–Kier alpha value is -0.480. The van der Waals surface area contributed by atoms with Crippen molar-refractivity contribution in [2.45, 2.75) is 6.42 Å². The van der Waals surface area contributed by atoms with E-state index in [1.807, 2.05) is 18.2 Å². The summed E-state index contributed by atoms with van der Waals surface area (Å²) in [7, 11) is 0. The molecule has 0 aromatic heterocycles. The summed E-state index contributed by atoms with van der Waals surface area (Å²) in [5.41, 5.74) is 6.50. The minimum absolute atomic E-state index is 0. The Labute approximate surface area is 93.2 Å². The predicted molar refractivity (Wildman–Crippen MR) is 64.8 cm³/mol. The maximum Gasteiger partial charge on any atom is 0.151 e. The highest BCUT2D eigenvalue weighted by Crippen LogP contribution is 2.05. The third-order valence-electron chi connectivity index (χ3n) is 1.49. The smallest absolute Gasteiger partial charge is 0.151 e. The highest BCUT2D eigenvalue weighted by Gasteiger charge is 1.93. The summed E-state index contributed by atoms with van der Waals surface area (Å²) in [6.45, 7) is 0. The van der Waals surface area contributed by atoms with Gasteiger partial charge < -0.3 is 5.73 Å². The van der Waals surface area contributed by atoms with Gasteiger partial charge in [-0.3, -0.25) is 5.41 Å². The molecule has 0 amide bonds. The minimum atomic E-state index is 0. The largest absolute Gasteiger partial charge is 0.379 e. The summed E-state index contributed by atoms with van der Waals surface area (Å²) in [5.74, 6) is 0.888. The van der Waals surface area contributed by atoms with Crippen molar-refractivity contribution < 1.29 is 0 Å². The molecule has 2 nitrogen and oxygen atoms in total. The van der Waals surface area contributed by atoms with E-state index in [9.17, 15) is 0 Å². The van der Waals surface area contributed by atoms with Crippen molar-refractivity contribution in [3.05, 3.63) is 35.9 Å². The quantitative estimate of drug-likeness (QED) is 0.648. The number of nitrogens with one attached hydrogen (secondary N) is 1. The van der Waals surface area contributed by atoms with Gasteiger partial charge in [0.25, 0.3) is 0 Å². The van der Waals surface area contributed by atoms with Crippen molar-refractivity contribution >= 4 is 33.9 Å².